The fourth-order valence-electron chi connectivity index (χ4n) is 3.61. The number of sulfonamides is 1. The van der Waals surface area contributed by atoms with Crippen molar-refractivity contribution in [1.82, 2.24) is 4.57 Å². The molecule has 0 aliphatic heterocycles. The second kappa shape index (κ2) is 9.17. The average molecular weight is 484 g/mol. The van der Waals surface area contributed by atoms with Gasteiger partial charge in [0.05, 0.1) is 17.8 Å². The zero-order valence-electron chi connectivity index (χ0n) is 18.0. The third-order valence-electron chi connectivity index (χ3n) is 5.17. The van der Waals surface area contributed by atoms with E-state index >= 15 is 0 Å². The summed E-state index contributed by atoms with van der Waals surface area (Å²) in [6, 6.07) is 20.8. The number of methoxy groups -OCH3 is 1. The van der Waals surface area contributed by atoms with Crippen molar-refractivity contribution in [3.05, 3.63) is 83.5 Å². The van der Waals surface area contributed by atoms with Crippen molar-refractivity contribution >= 4 is 49.8 Å². The van der Waals surface area contributed by atoms with Crippen LogP contribution in [0, 0.1) is 6.92 Å². The van der Waals surface area contributed by atoms with Gasteiger partial charge in [-0.05, 0) is 54.8 Å². The number of hydrogen-bond acceptors (Lipinski definition) is 4. The maximum Gasteiger partial charge on any atom is 0.265 e. The lowest BCUT2D eigenvalue weighted by Gasteiger charge is -2.15. The summed E-state index contributed by atoms with van der Waals surface area (Å²) in [4.78, 5) is 12.7. The summed E-state index contributed by atoms with van der Waals surface area (Å²) < 4.78 is 35.7. The molecule has 1 aromatic heterocycles. The zero-order chi connectivity index (χ0) is 23.6. The smallest absolute Gasteiger partial charge is 0.265 e. The molecule has 4 aromatic rings. The van der Waals surface area contributed by atoms with Gasteiger partial charge in [-0.1, -0.05) is 41.9 Å². The third-order valence-corrected chi connectivity index (χ3v) is 6.89. The average Bonchev–Trinajstić information content (AvgIpc) is 3.10. The van der Waals surface area contributed by atoms with Gasteiger partial charge in [0.15, 0.2) is 0 Å². The quantitative estimate of drug-likeness (QED) is 0.385. The molecule has 0 saturated carbocycles. The summed E-state index contributed by atoms with van der Waals surface area (Å²) >= 11 is 6.10. The molecule has 0 unspecified atom stereocenters. The Morgan fingerprint density at radius 2 is 1.76 bits per heavy atom. The Kier molecular flexibility index (Phi) is 6.31. The molecule has 0 atom stereocenters. The van der Waals surface area contributed by atoms with Crippen LogP contribution in [0.1, 0.15) is 5.69 Å². The lowest BCUT2D eigenvalue weighted by molar-refractivity contribution is -0.116. The number of hydrogen-bond donors (Lipinski definition) is 2. The minimum atomic E-state index is -4.04. The predicted molar refractivity (Wildman–Crippen MR) is 131 cm³/mol. The van der Waals surface area contributed by atoms with Crippen molar-refractivity contribution < 1.29 is 17.9 Å². The molecule has 7 nitrogen and oxygen atoms in total. The molecular weight excluding hydrogens is 462 g/mol. The molecule has 0 radical (unpaired) electrons. The Hall–Kier alpha value is -3.49. The Morgan fingerprint density at radius 1 is 1.03 bits per heavy atom. The van der Waals surface area contributed by atoms with E-state index in [1.54, 1.807) is 30.3 Å². The first-order valence-corrected chi connectivity index (χ1v) is 11.9. The Labute approximate surface area is 197 Å². The molecule has 0 fully saturated rings. The number of anilines is 2. The van der Waals surface area contributed by atoms with Crippen LogP contribution in [0.2, 0.25) is 5.02 Å². The Bertz CT molecular complexity index is 1450. The van der Waals surface area contributed by atoms with Gasteiger partial charge in [-0.15, -0.1) is 0 Å². The second-order valence-corrected chi connectivity index (χ2v) is 9.49. The number of para-hydroxylation sites is 2. The van der Waals surface area contributed by atoms with E-state index < -0.39 is 10.0 Å². The Morgan fingerprint density at radius 3 is 2.52 bits per heavy atom. The van der Waals surface area contributed by atoms with Crippen LogP contribution in [0.25, 0.3) is 10.9 Å². The third kappa shape index (κ3) is 4.81. The van der Waals surface area contributed by atoms with Gasteiger partial charge in [-0.25, -0.2) is 8.42 Å². The SMILES string of the molecule is COc1ccc(NC(=O)Cn2c(C)cc3ccccc32)cc1S(=O)(=O)Nc1ccccc1Cl. The summed E-state index contributed by atoms with van der Waals surface area (Å²) in [7, 11) is -2.66. The van der Waals surface area contributed by atoms with Crippen LogP contribution in [0.5, 0.6) is 5.75 Å². The molecule has 0 bridgehead atoms. The van der Waals surface area contributed by atoms with Gasteiger partial charge in [0, 0.05) is 16.9 Å². The lowest BCUT2D eigenvalue weighted by Crippen LogP contribution is -2.20. The van der Waals surface area contributed by atoms with E-state index in [1.807, 2.05) is 41.8 Å². The molecule has 1 heterocycles. The monoisotopic (exact) mass is 483 g/mol. The first kappa shape index (κ1) is 22.7. The number of halogens is 1. The van der Waals surface area contributed by atoms with Gasteiger partial charge < -0.3 is 14.6 Å². The lowest BCUT2D eigenvalue weighted by atomic mass is 10.2. The minimum absolute atomic E-state index is 0.0886. The zero-order valence-corrected chi connectivity index (χ0v) is 19.6. The summed E-state index contributed by atoms with van der Waals surface area (Å²) in [5, 5.41) is 4.09. The van der Waals surface area contributed by atoms with Crippen LogP contribution in [0.15, 0.2) is 77.7 Å². The van der Waals surface area contributed by atoms with Crippen LogP contribution < -0.4 is 14.8 Å². The number of aryl methyl sites for hydroxylation is 1. The first-order valence-electron chi connectivity index (χ1n) is 10.1. The van der Waals surface area contributed by atoms with Crippen molar-refractivity contribution in [3.8, 4) is 5.75 Å². The highest BCUT2D eigenvalue weighted by Gasteiger charge is 2.22. The number of carbonyl (C=O) groups excluding carboxylic acids is 1. The van der Waals surface area contributed by atoms with Crippen molar-refractivity contribution in [1.29, 1.82) is 0 Å². The number of ether oxygens (including phenoxy) is 1. The van der Waals surface area contributed by atoms with Crippen LogP contribution in [-0.2, 0) is 21.4 Å². The van der Waals surface area contributed by atoms with Crippen LogP contribution in [-0.4, -0.2) is 26.0 Å². The number of nitrogens with zero attached hydrogens (tertiary/aromatic N) is 1. The van der Waals surface area contributed by atoms with Gasteiger partial charge in [-0.3, -0.25) is 9.52 Å². The first-order chi connectivity index (χ1) is 15.8. The molecule has 0 aliphatic carbocycles. The van der Waals surface area contributed by atoms with Crippen LogP contribution in [0.3, 0.4) is 0 Å². The van der Waals surface area contributed by atoms with Crippen molar-refractivity contribution in [3.63, 3.8) is 0 Å². The number of aromatic nitrogens is 1. The number of nitrogens with one attached hydrogen (secondary N) is 2. The van der Waals surface area contributed by atoms with Crippen LogP contribution in [0.4, 0.5) is 11.4 Å². The molecular formula is C24H22ClN3O4S. The van der Waals surface area contributed by atoms with Gasteiger partial charge in [-0.2, -0.15) is 0 Å². The number of fused-ring (bicyclic) bond motifs is 1. The van der Waals surface area contributed by atoms with Crippen molar-refractivity contribution in [2.24, 2.45) is 0 Å². The summed E-state index contributed by atoms with van der Waals surface area (Å²) in [6.07, 6.45) is 0. The van der Waals surface area contributed by atoms with Crippen LogP contribution >= 0.6 is 11.6 Å². The van der Waals surface area contributed by atoms with Gasteiger partial charge in [0.2, 0.25) is 5.91 Å². The molecule has 2 N–H and O–H groups in total. The van der Waals surface area contributed by atoms with Crippen molar-refractivity contribution in [2.75, 3.05) is 17.1 Å². The molecule has 1 amide bonds. The fraction of sp³-hybridized carbons (Fsp3) is 0.125. The highest BCUT2D eigenvalue weighted by atomic mass is 35.5. The number of rotatable bonds is 7. The standard InChI is InChI=1S/C24H22ClN3O4S/c1-16-13-17-7-3-6-10-21(17)28(16)15-24(29)26-18-11-12-22(32-2)23(14-18)33(30,31)27-20-9-5-4-8-19(20)25/h3-14,27H,15H2,1-2H3,(H,26,29). The van der Waals surface area contributed by atoms with Gasteiger partial charge >= 0.3 is 0 Å². The van der Waals surface area contributed by atoms with E-state index in [0.29, 0.717) is 5.69 Å². The largest absolute Gasteiger partial charge is 0.495 e. The molecule has 9 heteroatoms. The highest BCUT2D eigenvalue weighted by Crippen LogP contribution is 2.31. The summed E-state index contributed by atoms with van der Waals surface area (Å²) in [6.45, 7) is 2.02. The van der Waals surface area contributed by atoms with Gasteiger partial charge in [0.25, 0.3) is 10.0 Å². The maximum atomic E-state index is 13.1. The summed E-state index contributed by atoms with van der Waals surface area (Å²) in [5.41, 5.74) is 2.47. The van der Waals surface area contributed by atoms with E-state index in [4.69, 9.17) is 16.3 Å². The van der Waals surface area contributed by atoms with Gasteiger partial charge in [0.1, 0.15) is 17.2 Å². The van der Waals surface area contributed by atoms with E-state index in [9.17, 15) is 13.2 Å². The molecule has 3 aromatic carbocycles. The van der Waals surface area contributed by atoms with E-state index in [-0.39, 0.29) is 33.8 Å². The number of benzene rings is 3. The van der Waals surface area contributed by atoms with E-state index in [0.717, 1.165) is 16.6 Å². The predicted octanol–water partition coefficient (Wildman–Crippen LogP) is 5.05. The van der Waals surface area contributed by atoms with E-state index in [1.165, 1.54) is 19.2 Å². The number of carbonyl (C=O) groups is 1. The molecule has 170 valence electrons. The molecule has 4 rings (SSSR count). The molecule has 0 aliphatic rings. The molecule has 0 saturated heterocycles. The summed E-state index contributed by atoms with van der Waals surface area (Å²) in [5.74, 6) is -0.146. The van der Waals surface area contributed by atoms with Crippen molar-refractivity contribution in [2.45, 2.75) is 18.4 Å². The molecule has 0 spiro atoms. The maximum absolute atomic E-state index is 13.1. The highest BCUT2D eigenvalue weighted by molar-refractivity contribution is 7.92. The number of amides is 1. The second-order valence-electron chi connectivity index (χ2n) is 7.43. The fourth-order valence-corrected chi connectivity index (χ4v) is 5.13. The normalized spacial score (nSPS) is 11.4. The molecule has 33 heavy (non-hydrogen) atoms. The topological polar surface area (TPSA) is 89.4 Å². The van der Waals surface area contributed by atoms with E-state index in [2.05, 4.69) is 10.0 Å². The Balaban J connectivity index is 1.59. The minimum Gasteiger partial charge on any atom is -0.495 e.